The summed E-state index contributed by atoms with van der Waals surface area (Å²) >= 11 is 0. The highest BCUT2D eigenvalue weighted by Crippen LogP contribution is 2.46. The first-order valence-corrected chi connectivity index (χ1v) is 16.2. The molecule has 47 heavy (non-hydrogen) atoms. The van der Waals surface area contributed by atoms with E-state index in [1.165, 1.54) is 76.5 Å². The largest absolute Gasteiger partial charge is 0.456 e. The number of hydrogen-bond acceptors (Lipinski definition) is 1. The molecule has 0 amide bonds. The molecule has 0 saturated carbocycles. The Balaban J connectivity index is 1.23. The lowest BCUT2D eigenvalue weighted by Crippen LogP contribution is -1.92. The molecule has 0 unspecified atom stereocenters. The molecule has 0 N–H and O–H groups in total. The van der Waals surface area contributed by atoms with Crippen LogP contribution in [0.15, 0.2) is 174 Å². The molecule has 1 heterocycles. The summed E-state index contributed by atoms with van der Waals surface area (Å²) in [5.41, 5.74) is 9.29. The van der Waals surface area contributed by atoms with Crippen LogP contribution < -0.4 is 0 Å². The van der Waals surface area contributed by atoms with Crippen LogP contribution in [-0.2, 0) is 0 Å². The molecule has 9 aromatic carbocycles. The van der Waals surface area contributed by atoms with E-state index in [9.17, 15) is 0 Å². The van der Waals surface area contributed by atoms with Crippen LogP contribution in [0, 0.1) is 0 Å². The van der Waals surface area contributed by atoms with Crippen molar-refractivity contribution in [2.45, 2.75) is 0 Å². The Bertz CT molecular complexity index is 2780. The number of para-hydroxylation sites is 1. The summed E-state index contributed by atoms with van der Waals surface area (Å²) in [4.78, 5) is 0. The Kier molecular flexibility index (Phi) is 5.64. The van der Waals surface area contributed by atoms with Crippen molar-refractivity contribution in [3.63, 3.8) is 0 Å². The Labute approximate surface area is 271 Å². The summed E-state index contributed by atoms with van der Waals surface area (Å²) in [6.45, 7) is 0. The minimum Gasteiger partial charge on any atom is -0.456 e. The summed E-state index contributed by atoms with van der Waals surface area (Å²) in [6.07, 6.45) is 0. The van der Waals surface area contributed by atoms with Gasteiger partial charge >= 0.3 is 0 Å². The highest BCUT2D eigenvalue weighted by atomic mass is 16.3. The lowest BCUT2D eigenvalue weighted by atomic mass is 9.84. The molecule has 218 valence electrons. The zero-order chi connectivity index (χ0) is 30.9. The van der Waals surface area contributed by atoms with Crippen LogP contribution in [0.5, 0.6) is 0 Å². The number of hydrogen-bond donors (Lipinski definition) is 0. The quantitative estimate of drug-likeness (QED) is 0.185. The molecule has 10 rings (SSSR count). The number of rotatable bonds is 3. The number of furan rings is 1. The van der Waals surface area contributed by atoms with Gasteiger partial charge < -0.3 is 4.42 Å². The molecule has 0 fully saturated rings. The maximum absolute atomic E-state index is 6.37. The van der Waals surface area contributed by atoms with Gasteiger partial charge in [0.05, 0.1) is 0 Å². The topological polar surface area (TPSA) is 13.1 Å². The molecule has 0 aliphatic rings. The van der Waals surface area contributed by atoms with Crippen LogP contribution in [-0.4, -0.2) is 0 Å². The lowest BCUT2D eigenvalue weighted by Gasteiger charge is -2.19. The first-order valence-electron chi connectivity index (χ1n) is 16.2. The molecule has 0 saturated heterocycles. The van der Waals surface area contributed by atoms with E-state index in [2.05, 4.69) is 164 Å². The third kappa shape index (κ3) is 4.03. The van der Waals surface area contributed by atoms with Crippen molar-refractivity contribution < 1.29 is 4.42 Å². The molecule has 0 aliphatic heterocycles. The first-order chi connectivity index (χ1) is 23.3. The molecule has 0 bridgehead atoms. The van der Waals surface area contributed by atoms with Crippen molar-refractivity contribution in [1.82, 2.24) is 0 Å². The molecule has 1 heteroatoms. The first kappa shape index (κ1) is 26.1. The van der Waals surface area contributed by atoms with E-state index in [1.54, 1.807) is 0 Å². The van der Waals surface area contributed by atoms with Crippen LogP contribution in [0.25, 0.3) is 98.4 Å². The Morgan fingerprint density at radius 3 is 1.60 bits per heavy atom. The van der Waals surface area contributed by atoms with Gasteiger partial charge in [0.15, 0.2) is 0 Å². The summed E-state index contributed by atoms with van der Waals surface area (Å²) in [7, 11) is 0. The van der Waals surface area contributed by atoms with Gasteiger partial charge in [0, 0.05) is 10.8 Å². The molecule has 0 radical (unpaired) electrons. The van der Waals surface area contributed by atoms with E-state index in [0.29, 0.717) is 0 Å². The van der Waals surface area contributed by atoms with Crippen molar-refractivity contribution in [2.24, 2.45) is 0 Å². The van der Waals surface area contributed by atoms with E-state index < -0.39 is 0 Å². The zero-order valence-electron chi connectivity index (χ0n) is 25.6. The number of fused-ring (bicyclic) bond motifs is 7. The molecule has 0 atom stereocenters. The van der Waals surface area contributed by atoms with Gasteiger partial charge in [0.25, 0.3) is 0 Å². The fourth-order valence-electron chi connectivity index (χ4n) is 7.66. The van der Waals surface area contributed by atoms with Gasteiger partial charge in [-0.2, -0.15) is 0 Å². The standard InChI is InChI=1S/C46H28O/c1-2-11-29(12-3-1)30-21-22-32-26-34(24-23-31(32)25-30)45-36-15-4-6-17-38(36)46(39-18-7-5-16-37(39)45)40-19-10-13-33-27-42-35-14-8-9-20-43(35)47-44(42)28-41(33)40/h1-28H. The van der Waals surface area contributed by atoms with Gasteiger partial charge in [-0.1, -0.05) is 140 Å². The van der Waals surface area contributed by atoms with E-state index in [4.69, 9.17) is 4.42 Å². The molecular weight excluding hydrogens is 569 g/mol. The van der Waals surface area contributed by atoms with Crippen LogP contribution >= 0.6 is 0 Å². The van der Waals surface area contributed by atoms with E-state index in [0.717, 1.165) is 21.9 Å². The fraction of sp³-hybridized carbons (Fsp3) is 0. The summed E-state index contributed by atoms with van der Waals surface area (Å²) in [5, 5.41) is 12.2. The molecule has 0 spiro atoms. The van der Waals surface area contributed by atoms with Gasteiger partial charge in [-0.25, -0.2) is 0 Å². The monoisotopic (exact) mass is 596 g/mol. The average molecular weight is 597 g/mol. The van der Waals surface area contributed by atoms with E-state index in [1.807, 2.05) is 6.07 Å². The Hall–Kier alpha value is -6.18. The normalized spacial score (nSPS) is 11.8. The maximum atomic E-state index is 6.37. The van der Waals surface area contributed by atoms with Gasteiger partial charge in [-0.05, 0) is 107 Å². The summed E-state index contributed by atoms with van der Waals surface area (Å²) < 4.78 is 6.37. The second-order valence-electron chi connectivity index (χ2n) is 12.5. The van der Waals surface area contributed by atoms with Crippen molar-refractivity contribution in [3.8, 4) is 33.4 Å². The molecule has 10 aromatic rings. The van der Waals surface area contributed by atoms with Gasteiger partial charge in [-0.3, -0.25) is 0 Å². The van der Waals surface area contributed by atoms with E-state index in [-0.39, 0.29) is 0 Å². The molecule has 0 aliphatic carbocycles. The second-order valence-corrected chi connectivity index (χ2v) is 12.5. The minimum absolute atomic E-state index is 0.919. The Morgan fingerprint density at radius 2 is 0.872 bits per heavy atom. The third-order valence-electron chi connectivity index (χ3n) is 9.81. The summed E-state index contributed by atoms with van der Waals surface area (Å²) in [6, 6.07) is 61.6. The minimum atomic E-state index is 0.919. The molecule has 1 aromatic heterocycles. The maximum Gasteiger partial charge on any atom is 0.136 e. The molecular formula is C46H28O. The smallest absolute Gasteiger partial charge is 0.136 e. The summed E-state index contributed by atoms with van der Waals surface area (Å²) in [5.74, 6) is 0. The van der Waals surface area contributed by atoms with Crippen molar-refractivity contribution in [1.29, 1.82) is 0 Å². The predicted molar refractivity (Wildman–Crippen MR) is 200 cm³/mol. The average Bonchev–Trinajstić information content (AvgIpc) is 3.50. The predicted octanol–water partition coefficient (Wildman–Crippen LogP) is 13.2. The zero-order valence-corrected chi connectivity index (χ0v) is 25.6. The lowest BCUT2D eigenvalue weighted by molar-refractivity contribution is 0.669. The van der Waals surface area contributed by atoms with Crippen LogP contribution in [0.1, 0.15) is 0 Å². The number of benzene rings is 9. The van der Waals surface area contributed by atoms with Crippen LogP contribution in [0.2, 0.25) is 0 Å². The van der Waals surface area contributed by atoms with E-state index >= 15 is 0 Å². The fourth-order valence-corrected chi connectivity index (χ4v) is 7.66. The van der Waals surface area contributed by atoms with Crippen molar-refractivity contribution in [2.75, 3.05) is 0 Å². The van der Waals surface area contributed by atoms with Crippen molar-refractivity contribution in [3.05, 3.63) is 170 Å². The molecule has 1 nitrogen and oxygen atoms in total. The van der Waals surface area contributed by atoms with Crippen LogP contribution in [0.4, 0.5) is 0 Å². The highest BCUT2D eigenvalue weighted by molar-refractivity contribution is 6.24. The SMILES string of the molecule is c1ccc(-c2ccc3cc(-c4c5ccccc5c(-c5cccc6cc7c(cc56)oc5ccccc57)c5ccccc45)ccc3c2)cc1. The second kappa shape index (κ2) is 10.2. The Morgan fingerprint density at radius 1 is 0.277 bits per heavy atom. The third-order valence-corrected chi connectivity index (χ3v) is 9.81. The van der Waals surface area contributed by atoms with Gasteiger partial charge in [-0.15, -0.1) is 0 Å². The van der Waals surface area contributed by atoms with Crippen molar-refractivity contribution >= 4 is 65.0 Å². The van der Waals surface area contributed by atoms with Gasteiger partial charge in [0.2, 0.25) is 0 Å². The van der Waals surface area contributed by atoms with Crippen LogP contribution in [0.3, 0.4) is 0 Å². The van der Waals surface area contributed by atoms with Gasteiger partial charge in [0.1, 0.15) is 11.2 Å². The highest BCUT2D eigenvalue weighted by Gasteiger charge is 2.19.